The summed E-state index contributed by atoms with van der Waals surface area (Å²) in [7, 11) is 1.62. The van der Waals surface area contributed by atoms with E-state index < -0.39 is 11.8 Å². The molecule has 0 saturated heterocycles. The standard InChI is InChI=1S/C31H30N4O5/c1-31(2,21-8-5-4-6-9-21)22-11-13-23(14-12-22)39-20-25-15-16-27(40-25)29(36)34-26-19-33-35(3)28(26)30(37)32-18-24-10-7-17-38-24/h4-17,19H,18,20H2,1-3H3,(H,32,37)(H,34,36). The van der Waals surface area contributed by atoms with Gasteiger partial charge in [-0.05, 0) is 47.5 Å². The predicted octanol–water partition coefficient (Wildman–Crippen LogP) is 5.69. The molecule has 0 spiro atoms. The second-order valence-electron chi connectivity index (χ2n) is 9.82. The average molecular weight is 539 g/mol. The largest absolute Gasteiger partial charge is 0.486 e. The fourth-order valence-electron chi connectivity index (χ4n) is 4.37. The Morgan fingerprint density at radius 2 is 1.65 bits per heavy atom. The van der Waals surface area contributed by atoms with E-state index in [1.807, 2.05) is 30.3 Å². The third-order valence-electron chi connectivity index (χ3n) is 6.74. The molecule has 0 saturated carbocycles. The van der Waals surface area contributed by atoms with Gasteiger partial charge in [0.25, 0.3) is 11.8 Å². The van der Waals surface area contributed by atoms with Crippen molar-refractivity contribution in [2.75, 3.05) is 5.32 Å². The van der Waals surface area contributed by atoms with E-state index in [1.165, 1.54) is 28.3 Å². The number of nitrogens with one attached hydrogen (secondary N) is 2. The van der Waals surface area contributed by atoms with Crippen LogP contribution in [0.2, 0.25) is 0 Å². The summed E-state index contributed by atoms with van der Waals surface area (Å²) < 4.78 is 18.2. The summed E-state index contributed by atoms with van der Waals surface area (Å²) in [5.41, 5.74) is 2.73. The Bertz CT molecular complexity index is 1580. The lowest BCUT2D eigenvalue weighted by Gasteiger charge is -2.26. The quantitative estimate of drug-likeness (QED) is 0.236. The normalized spacial score (nSPS) is 11.3. The first-order valence-electron chi connectivity index (χ1n) is 12.8. The first-order chi connectivity index (χ1) is 19.3. The van der Waals surface area contributed by atoms with Crippen LogP contribution < -0.4 is 15.4 Å². The Morgan fingerprint density at radius 3 is 2.38 bits per heavy atom. The summed E-state index contributed by atoms with van der Waals surface area (Å²) in [4.78, 5) is 25.6. The van der Waals surface area contributed by atoms with Crippen molar-refractivity contribution < 1.29 is 23.2 Å². The first kappa shape index (κ1) is 26.6. The molecule has 40 heavy (non-hydrogen) atoms. The summed E-state index contributed by atoms with van der Waals surface area (Å²) >= 11 is 0. The number of hydrogen-bond donors (Lipinski definition) is 2. The molecule has 9 nitrogen and oxygen atoms in total. The maximum Gasteiger partial charge on any atom is 0.291 e. The van der Waals surface area contributed by atoms with E-state index in [4.69, 9.17) is 13.6 Å². The Kier molecular flexibility index (Phi) is 7.54. The average Bonchev–Trinajstić information content (AvgIpc) is 3.73. The molecule has 3 heterocycles. The Labute approximate surface area is 231 Å². The van der Waals surface area contributed by atoms with Gasteiger partial charge in [-0.3, -0.25) is 14.3 Å². The van der Waals surface area contributed by atoms with Gasteiger partial charge in [-0.25, -0.2) is 0 Å². The van der Waals surface area contributed by atoms with Crippen LogP contribution in [-0.4, -0.2) is 21.6 Å². The number of hydrogen-bond acceptors (Lipinski definition) is 6. The number of amides is 2. The molecule has 2 aromatic carbocycles. The fraction of sp³-hybridized carbons (Fsp3) is 0.194. The van der Waals surface area contributed by atoms with Gasteiger partial charge in [0.15, 0.2) is 5.76 Å². The second kappa shape index (κ2) is 11.4. The predicted molar refractivity (Wildman–Crippen MR) is 149 cm³/mol. The molecule has 3 aromatic heterocycles. The minimum atomic E-state index is -0.508. The van der Waals surface area contributed by atoms with Crippen molar-refractivity contribution in [1.29, 1.82) is 0 Å². The second-order valence-corrected chi connectivity index (χ2v) is 9.82. The fourth-order valence-corrected chi connectivity index (χ4v) is 4.37. The number of ether oxygens (including phenoxy) is 1. The smallest absolute Gasteiger partial charge is 0.291 e. The van der Waals surface area contributed by atoms with Gasteiger partial charge in [-0.15, -0.1) is 0 Å². The zero-order valence-electron chi connectivity index (χ0n) is 22.5. The number of aryl methyl sites for hydroxylation is 1. The Balaban J connectivity index is 1.18. The third kappa shape index (κ3) is 5.83. The molecule has 0 aliphatic rings. The number of aromatic nitrogens is 2. The molecule has 5 aromatic rings. The zero-order chi connectivity index (χ0) is 28.1. The molecule has 0 radical (unpaired) electrons. The zero-order valence-corrected chi connectivity index (χ0v) is 22.5. The van der Waals surface area contributed by atoms with Gasteiger partial charge in [0.05, 0.1) is 24.7 Å². The Hall–Kier alpha value is -5.05. The summed E-state index contributed by atoms with van der Waals surface area (Å²) in [6.45, 7) is 4.74. The van der Waals surface area contributed by atoms with E-state index in [0.717, 1.165) is 0 Å². The van der Waals surface area contributed by atoms with Crippen LogP contribution in [0.1, 0.15) is 57.5 Å². The van der Waals surface area contributed by atoms with Crippen molar-refractivity contribution in [1.82, 2.24) is 15.1 Å². The number of benzene rings is 2. The highest BCUT2D eigenvalue weighted by molar-refractivity contribution is 6.07. The molecule has 9 heteroatoms. The molecule has 0 aliphatic heterocycles. The highest BCUT2D eigenvalue weighted by atomic mass is 16.5. The maximum atomic E-state index is 12.8. The summed E-state index contributed by atoms with van der Waals surface area (Å²) in [5, 5.41) is 9.56. The van der Waals surface area contributed by atoms with E-state index in [0.29, 0.717) is 17.3 Å². The number of nitrogens with zero attached hydrogens (tertiary/aromatic N) is 2. The van der Waals surface area contributed by atoms with Gasteiger partial charge >= 0.3 is 0 Å². The van der Waals surface area contributed by atoms with E-state index in [2.05, 4.69) is 53.8 Å². The molecule has 0 unspecified atom stereocenters. The first-order valence-corrected chi connectivity index (χ1v) is 12.8. The minimum Gasteiger partial charge on any atom is -0.486 e. The van der Waals surface area contributed by atoms with Crippen LogP contribution in [0.4, 0.5) is 5.69 Å². The molecule has 204 valence electrons. The molecule has 2 N–H and O–H groups in total. The van der Waals surface area contributed by atoms with Crippen LogP contribution in [0, 0.1) is 0 Å². The lowest BCUT2D eigenvalue weighted by atomic mass is 9.78. The van der Waals surface area contributed by atoms with Crippen molar-refractivity contribution in [2.45, 2.75) is 32.4 Å². The van der Waals surface area contributed by atoms with Crippen molar-refractivity contribution in [3.8, 4) is 5.75 Å². The van der Waals surface area contributed by atoms with Gasteiger partial charge in [-0.1, -0.05) is 56.3 Å². The lowest BCUT2D eigenvalue weighted by Crippen LogP contribution is -2.26. The van der Waals surface area contributed by atoms with Crippen LogP contribution in [-0.2, 0) is 25.6 Å². The Morgan fingerprint density at radius 1 is 0.900 bits per heavy atom. The summed E-state index contributed by atoms with van der Waals surface area (Å²) in [5.74, 6) is 0.963. The molecule has 0 atom stereocenters. The molecular weight excluding hydrogens is 508 g/mol. The number of carbonyl (C=O) groups is 2. The number of rotatable bonds is 10. The lowest BCUT2D eigenvalue weighted by molar-refractivity contribution is 0.0939. The van der Waals surface area contributed by atoms with Crippen LogP contribution in [0.5, 0.6) is 5.75 Å². The summed E-state index contributed by atoms with van der Waals surface area (Å²) in [6, 6.07) is 25.1. The number of furan rings is 2. The van der Waals surface area contributed by atoms with Crippen molar-refractivity contribution in [3.05, 3.63) is 125 Å². The van der Waals surface area contributed by atoms with Gasteiger partial charge in [0.1, 0.15) is 29.6 Å². The summed E-state index contributed by atoms with van der Waals surface area (Å²) in [6.07, 6.45) is 2.94. The topological polar surface area (TPSA) is 112 Å². The molecule has 2 amide bonds. The van der Waals surface area contributed by atoms with Gasteiger partial charge in [0, 0.05) is 12.5 Å². The monoisotopic (exact) mass is 538 g/mol. The van der Waals surface area contributed by atoms with Crippen LogP contribution in [0.25, 0.3) is 0 Å². The minimum absolute atomic E-state index is 0.0874. The van der Waals surface area contributed by atoms with Crippen LogP contribution in [0.15, 0.2) is 100 Å². The third-order valence-corrected chi connectivity index (χ3v) is 6.74. The molecule has 5 rings (SSSR count). The van der Waals surface area contributed by atoms with Crippen molar-refractivity contribution in [3.63, 3.8) is 0 Å². The van der Waals surface area contributed by atoms with E-state index >= 15 is 0 Å². The van der Waals surface area contributed by atoms with E-state index in [9.17, 15) is 9.59 Å². The van der Waals surface area contributed by atoms with Crippen molar-refractivity contribution in [2.24, 2.45) is 7.05 Å². The number of carbonyl (C=O) groups excluding carboxylic acids is 2. The molecule has 0 aliphatic carbocycles. The highest BCUT2D eigenvalue weighted by Crippen LogP contribution is 2.32. The van der Waals surface area contributed by atoms with E-state index in [-0.39, 0.29) is 35.7 Å². The SMILES string of the molecule is Cn1ncc(NC(=O)c2ccc(COc3ccc(C(C)(C)c4ccccc4)cc3)o2)c1C(=O)NCc1ccco1. The van der Waals surface area contributed by atoms with Crippen LogP contribution >= 0.6 is 0 Å². The molecular formula is C31H30N4O5. The van der Waals surface area contributed by atoms with Gasteiger partial charge < -0.3 is 24.2 Å². The van der Waals surface area contributed by atoms with Gasteiger partial charge in [0.2, 0.25) is 0 Å². The van der Waals surface area contributed by atoms with Gasteiger partial charge in [-0.2, -0.15) is 5.10 Å². The van der Waals surface area contributed by atoms with Crippen LogP contribution in [0.3, 0.4) is 0 Å². The molecule has 0 bridgehead atoms. The highest BCUT2D eigenvalue weighted by Gasteiger charge is 2.23. The molecule has 0 fully saturated rings. The van der Waals surface area contributed by atoms with E-state index in [1.54, 1.807) is 31.3 Å². The van der Waals surface area contributed by atoms with Crippen molar-refractivity contribution >= 4 is 17.5 Å². The maximum absolute atomic E-state index is 12.8. The number of anilines is 1.